The molecule has 0 aromatic heterocycles. The van der Waals surface area contributed by atoms with E-state index in [1.807, 2.05) is 31.2 Å². The molecule has 3 N–H and O–H groups in total. The molecule has 2 rings (SSSR count). The molecule has 0 aliphatic heterocycles. The zero-order valence-electron chi connectivity index (χ0n) is 19.5. The normalized spacial score (nSPS) is 11.9. The molecule has 0 saturated heterocycles. The predicted molar refractivity (Wildman–Crippen MR) is 125 cm³/mol. The highest BCUT2D eigenvalue weighted by atomic mass is 16.5. The van der Waals surface area contributed by atoms with E-state index in [1.54, 1.807) is 31.2 Å². The maximum atomic E-state index is 12.3. The number of benzene rings is 2. The first-order valence-corrected chi connectivity index (χ1v) is 10.9. The molecule has 3 amide bonds. The van der Waals surface area contributed by atoms with Gasteiger partial charge in [-0.05, 0) is 60.7 Å². The zero-order valence-corrected chi connectivity index (χ0v) is 19.5. The maximum absolute atomic E-state index is 12.3. The Morgan fingerprint density at radius 2 is 1.56 bits per heavy atom. The third-order valence-electron chi connectivity index (χ3n) is 4.89. The van der Waals surface area contributed by atoms with Crippen molar-refractivity contribution in [3.05, 3.63) is 59.7 Å². The van der Waals surface area contributed by atoms with Crippen molar-refractivity contribution >= 4 is 23.4 Å². The van der Waals surface area contributed by atoms with Gasteiger partial charge in [0.15, 0.2) is 6.10 Å². The average Bonchev–Trinajstić information content (AvgIpc) is 2.76. The molecule has 0 aliphatic rings. The van der Waals surface area contributed by atoms with Crippen LogP contribution < -0.4 is 20.9 Å². The van der Waals surface area contributed by atoms with Crippen molar-refractivity contribution in [3.63, 3.8) is 0 Å². The van der Waals surface area contributed by atoms with E-state index in [1.165, 1.54) is 5.56 Å². The largest absolute Gasteiger partial charge is 0.481 e. The summed E-state index contributed by atoms with van der Waals surface area (Å²) in [4.78, 5) is 36.3. The Bertz CT molecular complexity index is 916. The van der Waals surface area contributed by atoms with E-state index >= 15 is 0 Å². The Kier molecular flexibility index (Phi) is 8.81. The van der Waals surface area contributed by atoms with E-state index in [4.69, 9.17) is 4.74 Å². The number of carbonyl (C=O) groups is 3. The second-order valence-corrected chi connectivity index (χ2v) is 8.71. The van der Waals surface area contributed by atoms with Crippen LogP contribution >= 0.6 is 0 Å². The molecule has 1 atom stereocenters. The van der Waals surface area contributed by atoms with Crippen molar-refractivity contribution in [1.82, 2.24) is 10.9 Å². The van der Waals surface area contributed by atoms with Crippen LogP contribution in [0.5, 0.6) is 5.75 Å². The molecule has 0 fully saturated rings. The molecule has 172 valence electrons. The van der Waals surface area contributed by atoms with Gasteiger partial charge in [-0.15, -0.1) is 0 Å². The lowest BCUT2D eigenvalue weighted by Crippen LogP contribution is -2.47. The van der Waals surface area contributed by atoms with Crippen molar-refractivity contribution in [2.75, 3.05) is 5.32 Å². The third kappa shape index (κ3) is 7.72. The van der Waals surface area contributed by atoms with Crippen LogP contribution in [-0.2, 0) is 15.0 Å². The Balaban J connectivity index is 1.82. The summed E-state index contributed by atoms with van der Waals surface area (Å²) in [5.74, 6) is -0.427. The average molecular weight is 440 g/mol. The van der Waals surface area contributed by atoms with Crippen LogP contribution in [0.25, 0.3) is 0 Å². The van der Waals surface area contributed by atoms with E-state index in [0.29, 0.717) is 23.4 Å². The molecule has 0 heterocycles. The summed E-state index contributed by atoms with van der Waals surface area (Å²) in [6.45, 7) is 10.0. The third-order valence-corrected chi connectivity index (χ3v) is 4.89. The van der Waals surface area contributed by atoms with E-state index in [9.17, 15) is 14.4 Å². The van der Waals surface area contributed by atoms with Gasteiger partial charge in [0.1, 0.15) is 5.75 Å². The summed E-state index contributed by atoms with van der Waals surface area (Å²) in [7, 11) is 0. The number of hydrogen-bond donors (Lipinski definition) is 3. The van der Waals surface area contributed by atoms with Gasteiger partial charge in [-0.1, -0.05) is 46.2 Å². The lowest BCUT2D eigenvalue weighted by atomic mass is 9.87. The highest BCUT2D eigenvalue weighted by molar-refractivity contribution is 5.97. The lowest BCUT2D eigenvalue weighted by Gasteiger charge is -2.20. The van der Waals surface area contributed by atoms with Crippen LogP contribution in [0.3, 0.4) is 0 Å². The molecule has 1 unspecified atom stereocenters. The Morgan fingerprint density at radius 3 is 2.12 bits per heavy atom. The first kappa shape index (κ1) is 24.9. The monoisotopic (exact) mass is 439 g/mol. The summed E-state index contributed by atoms with van der Waals surface area (Å²) >= 11 is 0. The number of rotatable bonds is 8. The van der Waals surface area contributed by atoms with Crippen LogP contribution in [0.1, 0.15) is 69.8 Å². The minimum atomic E-state index is -0.795. The minimum absolute atomic E-state index is 0.0324. The van der Waals surface area contributed by atoms with Gasteiger partial charge in [-0.25, -0.2) is 0 Å². The second kappa shape index (κ2) is 11.3. The smallest absolute Gasteiger partial charge is 0.279 e. The molecule has 0 spiro atoms. The van der Waals surface area contributed by atoms with Gasteiger partial charge in [0.2, 0.25) is 5.91 Å². The van der Waals surface area contributed by atoms with E-state index in [2.05, 4.69) is 36.9 Å². The molecule has 2 aromatic carbocycles. The van der Waals surface area contributed by atoms with Gasteiger partial charge in [-0.2, -0.15) is 0 Å². The summed E-state index contributed by atoms with van der Waals surface area (Å²) in [6, 6.07) is 14.0. The minimum Gasteiger partial charge on any atom is -0.481 e. The molecular formula is C25H33N3O4. The van der Waals surface area contributed by atoms with Gasteiger partial charge in [0.05, 0.1) is 0 Å². The Morgan fingerprint density at radius 1 is 0.938 bits per heavy atom. The first-order chi connectivity index (χ1) is 15.1. The van der Waals surface area contributed by atoms with Crippen molar-refractivity contribution < 1.29 is 19.1 Å². The molecule has 0 radical (unpaired) electrons. The fourth-order valence-electron chi connectivity index (χ4n) is 2.85. The molecule has 7 heteroatoms. The molecular weight excluding hydrogens is 406 g/mol. The standard InChI is InChI=1S/C25H33N3O4/c1-6-7-8-22(29)26-20-13-9-18(10-14-20)24(31)28-27-23(30)17(2)32-21-15-11-19(12-16-21)25(3,4)5/h9-17H,6-8H2,1-5H3,(H,26,29)(H,27,30)(H,28,31). The van der Waals surface area contributed by atoms with Crippen LogP contribution in [0.4, 0.5) is 5.69 Å². The van der Waals surface area contributed by atoms with Crippen LogP contribution in [0, 0.1) is 0 Å². The molecule has 2 aromatic rings. The van der Waals surface area contributed by atoms with Crippen molar-refractivity contribution in [2.24, 2.45) is 0 Å². The zero-order chi connectivity index (χ0) is 23.7. The lowest BCUT2D eigenvalue weighted by molar-refractivity contribution is -0.128. The number of carbonyl (C=O) groups excluding carboxylic acids is 3. The number of nitrogens with one attached hydrogen (secondary N) is 3. The molecule has 32 heavy (non-hydrogen) atoms. The quantitative estimate of drug-likeness (QED) is 0.533. The topological polar surface area (TPSA) is 96.5 Å². The van der Waals surface area contributed by atoms with Gasteiger partial charge in [-0.3, -0.25) is 25.2 Å². The highest BCUT2D eigenvalue weighted by Gasteiger charge is 2.17. The highest BCUT2D eigenvalue weighted by Crippen LogP contribution is 2.24. The Labute approximate surface area is 189 Å². The number of anilines is 1. The molecule has 0 bridgehead atoms. The molecule has 7 nitrogen and oxygen atoms in total. The number of hydrazine groups is 1. The Hall–Kier alpha value is -3.35. The predicted octanol–water partition coefficient (Wildman–Crippen LogP) is 4.34. The SMILES string of the molecule is CCCCC(=O)Nc1ccc(C(=O)NNC(=O)C(C)Oc2ccc(C(C)(C)C)cc2)cc1. The van der Waals surface area contributed by atoms with Gasteiger partial charge in [0, 0.05) is 17.7 Å². The number of amides is 3. The fourth-order valence-corrected chi connectivity index (χ4v) is 2.85. The van der Waals surface area contributed by atoms with Crippen LogP contribution in [-0.4, -0.2) is 23.8 Å². The van der Waals surface area contributed by atoms with Crippen molar-refractivity contribution in [1.29, 1.82) is 0 Å². The summed E-state index contributed by atoms with van der Waals surface area (Å²) < 4.78 is 5.66. The van der Waals surface area contributed by atoms with Crippen molar-refractivity contribution in [2.45, 2.75) is 65.4 Å². The summed E-state index contributed by atoms with van der Waals surface area (Å²) in [6.07, 6.45) is 1.45. The van der Waals surface area contributed by atoms with E-state index in [-0.39, 0.29) is 11.3 Å². The van der Waals surface area contributed by atoms with Gasteiger partial charge in [0.25, 0.3) is 11.8 Å². The van der Waals surface area contributed by atoms with Crippen LogP contribution in [0.15, 0.2) is 48.5 Å². The summed E-state index contributed by atoms with van der Waals surface area (Å²) in [5, 5.41) is 2.79. The van der Waals surface area contributed by atoms with E-state index < -0.39 is 17.9 Å². The number of ether oxygens (including phenoxy) is 1. The fraction of sp³-hybridized carbons (Fsp3) is 0.400. The van der Waals surface area contributed by atoms with Crippen molar-refractivity contribution in [3.8, 4) is 5.75 Å². The molecule has 0 aliphatic carbocycles. The van der Waals surface area contributed by atoms with Crippen LogP contribution in [0.2, 0.25) is 0 Å². The van der Waals surface area contributed by atoms with E-state index in [0.717, 1.165) is 12.8 Å². The van der Waals surface area contributed by atoms with Gasteiger partial charge < -0.3 is 10.1 Å². The van der Waals surface area contributed by atoms with Gasteiger partial charge >= 0.3 is 0 Å². The maximum Gasteiger partial charge on any atom is 0.279 e. The molecule has 0 saturated carbocycles. The number of hydrogen-bond acceptors (Lipinski definition) is 4. The summed E-state index contributed by atoms with van der Waals surface area (Å²) in [5.41, 5.74) is 6.92. The second-order valence-electron chi connectivity index (χ2n) is 8.71. The first-order valence-electron chi connectivity index (χ1n) is 10.9. The number of unbranched alkanes of at least 4 members (excludes halogenated alkanes) is 1.